The molecule has 3 atom stereocenters. The highest BCUT2D eigenvalue weighted by molar-refractivity contribution is 5.94. The summed E-state index contributed by atoms with van der Waals surface area (Å²) in [6.45, 7) is 4.10. The highest BCUT2D eigenvalue weighted by atomic mass is 16.5. The summed E-state index contributed by atoms with van der Waals surface area (Å²) in [4.78, 5) is 39.4. The number of carbonyl (C=O) groups excluding carboxylic acids is 2. The van der Waals surface area contributed by atoms with E-state index in [1.54, 1.807) is 10.6 Å². The van der Waals surface area contributed by atoms with Gasteiger partial charge < -0.3 is 15.0 Å². The van der Waals surface area contributed by atoms with Crippen molar-refractivity contribution in [3.8, 4) is 0 Å². The zero-order valence-corrected chi connectivity index (χ0v) is 16.8. The Bertz CT molecular complexity index is 999. The first-order valence-electron chi connectivity index (χ1n) is 10.2. The van der Waals surface area contributed by atoms with Crippen LogP contribution in [0.4, 0.5) is 0 Å². The zero-order chi connectivity index (χ0) is 20.7. The second-order valence-corrected chi connectivity index (χ2v) is 8.41. The van der Waals surface area contributed by atoms with Crippen molar-refractivity contribution in [2.75, 3.05) is 6.54 Å². The Hall–Kier alpha value is -2.67. The summed E-state index contributed by atoms with van der Waals surface area (Å²) in [5, 5.41) is 0.837. The van der Waals surface area contributed by atoms with Crippen LogP contribution in [0.15, 0.2) is 35.1 Å². The lowest BCUT2D eigenvalue weighted by Gasteiger charge is -2.37. The summed E-state index contributed by atoms with van der Waals surface area (Å²) in [5.41, 5.74) is 5.92. The number of benzene rings is 1. The third-order valence-electron chi connectivity index (χ3n) is 6.13. The van der Waals surface area contributed by atoms with Crippen LogP contribution < -0.4 is 11.3 Å². The molecule has 2 aliphatic heterocycles. The Labute approximate surface area is 169 Å². The number of hydrogen-bond donors (Lipinski definition) is 1. The van der Waals surface area contributed by atoms with E-state index in [2.05, 4.69) is 4.90 Å². The first-order chi connectivity index (χ1) is 13.8. The van der Waals surface area contributed by atoms with E-state index in [0.29, 0.717) is 12.8 Å². The van der Waals surface area contributed by atoms with Crippen LogP contribution >= 0.6 is 0 Å². The Balaban J connectivity index is 1.57. The molecular weight excluding hydrogens is 370 g/mol. The van der Waals surface area contributed by atoms with Gasteiger partial charge in [0.15, 0.2) is 0 Å². The molecule has 0 aliphatic carbocycles. The van der Waals surface area contributed by atoms with Crippen LogP contribution in [-0.4, -0.2) is 46.1 Å². The predicted molar refractivity (Wildman–Crippen MR) is 110 cm³/mol. The molecule has 3 heterocycles. The van der Waals surface area contributed by atoms with Crippen molar-refractivity contribution < 1.29 is 14.3 Å². The van der Waals surface area contributed by atoms with Crippen molar-refractivity contribution >= 4 is 22.8 Å². The minimum Gasteiger partial charge on any atom is -0.459 e. The highest BCUT2D eigenvalue weighted by Crippen LogP contribution is 2.36. The van der Waals surface area contributed by atoms with E-state index in [9.17, 15) is 14.4 Å². The van der Waals surface area contributed by atoms with Crippen LogP contribution in [0.3, 0.4) is 0 Å². The van der Waals surface area contributed by atoms with Gasteiger partial charge in [-0.2, -0.15) is 0 Å². The van der Waals surface area contributed by atoms with Gasteiger partial charge in [0.1, 0.15) is 11.7 Å². The van der Waals surface area contributed by atoms with Crippen LogP contribution in [0.2, 0.25) is 0 Å². The maximum Gasteiger partial charge on any atom is 0.344 e. The Morgan fingerprint density at radius 2 is 1.83 bits per heavy atom. The average Bonchev–Trinajstić information content (AvgIpc) is 2.88. The first-order valence-corrected chi connectivity index (χ1v) is 10.2. The monoisotopic (exact) mass is 397 g/mol. The van der Waals surface area contributed by atoms with Gasteiger partial charge in [-0.1, -0.05) is 18.2 Å². The number of nitrogens with zero attached hydrogens (tertiary/aromatic N) is 2. The van der Waals surface area contributed by atoms with Gasteiger partial charge in [0.25, 0.3) is 5.56 Å². The van der Waals surface area contributed by atoms with E-state index in [-0.39, 0.29) is 47.8 Å². The lowest BCUT2D eigenvalue weighted by atomic mass is 9.99. The van der Waals surface area contributed by atoms with Gasteiger partial charge >= 0.3 is 5.97 Å². The summed E-state index contributed by atoms with van der Waals surface area (Å²) in [5.74, 6) is -0.898. The van der Waals surface area contributed by atoms with Gasteiger partial charge in [-0.25, -0.2) is 4.79 Å². The highest BCUT2D eigenvalue weighted by Gasteiger charge is 2.42. The van der Waals surface area contributed by atoms with E-state index in [0.717, 1.165) is 23.7 Å². The number of piperidine rings is 1. The Morgan fingerprint density at radius 3 is 2.45 bits per heavy atom. The first kappa shape index (κ1) is 19.6. The standard InChI is InChI=1S/C22H27N3O4/c1-13(2)25-19-6-4-3-5-14(19)9-18(21(25)27)22(28)29-17-10-15-7-8-16(11-17)24(15)12-20(23)26/h3-6,9,13,15-17H,7-8,10-12H2,1-2H3,(H2,23,26)/t15-,16+,17?. The molecule has 4 rings (SSSR count). The minimum atomic E-state index is -0.567. The number of rotatable bonds is 5. The van der Waals surface area contributed by atoms with Gasteiger partial charge in [-0.15, -0.1) is 0 Å². The summed E-state index contributed by atoms with van der Waals surface area (Å²) in [7, 11) is 0. The van der Waals surface area contributed by atoms with Crippen LogP contribution in [0, 0.1) is 0 Å². The van der Waals surface area contributed by atoms with Crippen LogP contribution in [0.5, 0.6) is 0 Å². The van der Waals surface area contributed by atoms with Gasteiger partial charge in [0, 0.05) is 31.0 Å². The molecule has 0 saturated carbocycles. The normalized spacial score (nSPS) is 24.2. The van der Waals surface area contributed by atoms with Crippen molar-refractivity contribution in [3.63, 3.8) is 0 Å². The molecule has 2 bridgehead atoms. The number of ether oxygens (including phenoxy) is 1. The molecule has 2 aliphatic rings. The molecule has 2 N–H and O–H groups in total. The number of nitrogens with two attached hydrogens (primary N) is 1. The summed E-state index contributed by atoms with van der Waals surface area (Å²) in [6, 6.07) is 9.51. The zero-order valence-electron chi connectivity index (χ0n) is 16.8. The molecule has 29 heavy (non-hydrogen) atoms. The summed E-state index contributed by atoms with van der Waals surface area (Å²) in [6.07, 6.45) is 3.04. The Morgan fingerprint density at radius 1 is 1.17 bits per heavy atom. The quantitative estimate of drug-likeness (QED) is 0.781. The third-order valence-corrected chi connectivity index (χ3v) is 6.13. The molecule has 7 nitrogen and oxygen atoms in total. The molecular formula is C22H27N3O4. The number of aromatic nitrogens is 1. The van der Waals surface area contributed by atoms with Crippen LogP contribution in [-0.2, 0) is 9.53 Å². The van der Waals surface area contributed by atoms with E-state index in [1.165, 1.54) is 0 Å². The third kappa shape index (κ3) is 3.67. The van der Waals surface area contributed by atoms with E-state index in [1.807, 2.05) is 38.1 Å². The predicted octanol–water partition coefficient (Wildman–Crippen LogP) is 2.22. The number of esters is 1. The molecule has 1 unspecified atom stereocenters. The maximum atomic E-state index is 13.0. The molecule has 1 aromatic carbocycles. The summed E-state index contributed by atoms with van der Waals surface area (Å²) >= 11 is 0. The fourth-order valence-electron chi connectivity index (χ4n) is 4.92. The molecule has 1 amide bonds. The number of amides is 1. The van der Waals surface area contributed by atoms with Crippen molar-refractivity contribution in [1.29, 1.82) is 0 Å². The number of carbonyl (C=O) groups is 2. The van der Waals surface area contributed by atoms with E-state index < -0.39 is 5.97 Å². The van der Waals surface area contributed by atoms with Crippen molar-refractivity contribution in [1.82, 2.24) is 9.47 Å². The second kappa shape index (κ2) is 7.63. The van der Waals surface area contributed by atoms with E-state index >= 15 is 0 Å². The Kier molecular flexibility index (Phi) is 5.17. The average molecular weight is 397 g/mol. The van der Waals surface area contributed by atoms with E-state index in [4.69, 9.17) is 10.5 Å². The molecule has 154 valence electrons. The van der Waals surface area contributed by atoms with Crippen LogP contribution in [0.1, 0.15) is 55.9 Å². The maximum absolute atomic E-state index is 13.0. The minimum absolute atomic E-state index is 0.0734. The number of primary amides is 1. The SMILES string of the molecule is CC(C)n1c(=O)c(C(=O)OC2C[C@H]3CC[C@@H](C2)N3CC(N)=O)cc2ccccc21. The van der Waals surface area contributed by atoms with Crippen molar-refractivity contribution in [2.45, 2.75) is 63.8 Å². The van der Waals surface area contributed by atoms with Crippen molar-refractivity contribution in [2.24, 2.45) is 5.73 Å². The topological polar surface area (TPSA) is 94.6 Å². The molecule has 2 aromatic rings. The molecule has 0 radical (unpaired) electrons. The van der Waals surface area contributed by atoms with Crippen LogP contribution in [0.25, 0.3) is 10.9 Å². The van der Waals surface area contributed by atoms with Gasteiger partial charge in [0.05, 0.1) is 12.1 Å². The van der Waals surface area contributed by atoms with Crippen molar-refractivity contribution in [3.05, 3.63) is 46.2 Å². The molecule has 2 fully saturated rings. The number of para-hydroxylation sites is 1. The largest absolute Gasteiger partial charge is 0.459 e. The van der Waals surface area contributed by atoms with Gasteiger partial charge in [0.2, 0.25) is 5.91 Å². The molecule has 0 spiro atoms. The fraction of sp³-hybridized carbons (Fsp3) is 0.500. The summed E-state index contributed by atoms with van der Waals surface area (Å²) < 4.78 is 7.42. The molecule has 2 saturated heterocycles. The second-order valence-electron chi connectivity index (χ2n) is 8.41. The van der Waals surface area contributed by atoms with Gasteiger partial charge in [-0.3, -0.25) is 14.5 Å². The fourth-order valence-corrected chi connectivity index (χ4v) is 4.92. The lowest BCUT2D eigenvalue weighted by Crippen LogP contribution is -2.49. The number of hydrogen-bond acceptors (Lipinski definition) is 5. The number of fused-ring (bicyclic) bond motifs is 3. The lowest BCUT2D eigenvalue weighted by molar-refractivity contribution is -0.121. The molecule has 1 aromatic heterocycles. The molecule has 7 heteroatoms. The van der Waals surface area contributed by atoms with Gasteiger partial charge in [-0.05, 0) is 44.2 Å². The smallest absolute Gasteiger partial charge is 0.344 e. The number of pyridine rings is 1.